The Labute approximate surface area is 97.3 Å². The molecule has 1 heterocycles. The van der Waals surface area contributed by atoms with Crippen molar-refractivity contribution in [3.63, 3.8) is 0 Å². The van der Waals surface area contributed by atoms with Gasteiger partial charge in [-0.05, 0) is 25.8 Å². The first-order valence-corrected chi connectivity index (χ1v) is 5.69. The van der Waals surface area contributed by atoms with Gasteiger partial charge >= 0.3 is 0 Å². The van der Waals surface area contributed by atoms with E-state index >= 15 is 0 Å². The van der Waals surface area contributed by atoms with Crippen LogP contribution in [-0.4, -0.2) is 50.7 Å². The zero-order valence-electron chi connectivity index (χ0n) is 9.87. The highest BCUT2D eigenvalue weighted by molar-refractivity contribution is 5.78. The van der Waals surface area contributed by atoms with E-state index in [1.807, 2.05) is 11.9 Å². The van der Waals surface area contributed by atoms with Crippen molar-refractivity contribution in [3.8, 4) is 12.3 Å². The van der Waals surface area contributed by atoms with E-state index in [4.69, 9.17) is 11.2 Å². The van der Waals surface area contributed by atoms with Gasteiger partial charge in [0, 0.05) is 19.8 Å². The molecule has 0 aromatic heterocycles. The predicted octanol–water partition coefficient (Wildman–Crippen LogP) is 0.0942. The van der Waals surface area contributed by atoms with Gasteiger partial charge in [0.25, 0.3) is 0 Å². The Morgan fingerprint density at radius 2 is 2.25 bits per heavy atom. The number of nitrogens with one attached hydrogen (secondary N) is 1. The summed E-state index contributed by atoms with van der Waals surface area (Å²) in [7, 11) is 1.96. The number of nitrogens with zero attached hydrogens (tertiary/aromatic N) is 1. The first kappa shape index (κ1) is 13.0. The maximum absolute atomic E-state index is 11.4. The average molecular weight is 224 g/mol. The smallest absolute Gasteiger partial charge is 0.234 e. The summed E-state index contributed by atoms with van der Waals surface area (Å²) in [5.74, 6) is 3.03. The van der Waals surface area contributed by atoms with Crippen LogP contribution in [0.2, 0.25) is 0 Å². The summed E-state index contributed by atoms with van der Waals surface area (Å²) in [6.45, 7) is 3.37. The van der Waals surface area contributed by atoms with Gasteiger partial charge in [-0.3, -0.25) is 9.69 Å². The number of amides is 1. The van der Waals surface area contributed by atoms with E-state index < -0.39 is 0 Å². The lowest BCUT2D eigenvalue weighted by Gasteiger charge is -2.26. The largest absolute Gasteiger partial charge is 0.381 e. The normalized spacial score (nSPS) is 17.1. The molecular formula is C12H20N2O2. The van der Waals surface area contributed by atoms with Crippen LogP contribution in [0.3, 0.4) is 0 Å². The molecule has 90 valence electrons. The minimum Gasteiger partial charge on any atom is -0.381 e. The fourth-order valence-corrected chi connectivity index (χ4v) is 1.88. The summed E-state index contributed by atoms with van der Waals surface area (Å²) in [6.07, 6.45) is 7.25. The molecule has 1 amide bonds. The first-order valence-electron chi connectivity index (χ1n) is 5.69. The minimum absolute atomic E-state index is 0.00694. The molecule has 1 N–H and O–H groups in total. The second kappa shape index (κ2) is 7.26. The Morgan fingerprint density at radius 1 is 1.56 bits per heavy atom. The van der Waals surface area contributed by atoms with Gasteiger partial charge in [-0.25, -0.2) is 0 Å². The lowest BCUT2D eigenvalue weighted by molar-refractivity contribution is -0.121. The molecule has 4 heteroatoms. The van der Waals surface area contributed by atoms with Crippen LogP contribution in [-0.2, 0) is 9.53 Å². The Bertz CT molecular complexity index is 254. The number of ether oxygens (including phenoxy) is 1. The third kappa shape index (κ3) is 5.15. The van der Waals surface area contributed by atoms with Crippen LogP contribution in [0.1, 0.15) is 12.8 Å². The maximum Gasteiger partial charge on any atom is 0.234 e. The van der Waals surface area contributed by atoms with Crippen molar-refractivity contribution in [1.82, 2.24) is 10.2 Å². The van der Waals surface area contributed by atoms with Gasteiger partial charge in [-0.2, -0.15) is 0 Å². The number of hydrogen-bond acceptors (Lipinski definition) is 3. The first-order chi connectivity index (χ1) is 7.72. The topological polar surface area (TPSA) is 41.6 Å². The molecule has 1 fully saturated rings. The number of hydrogen-bond donors (Lipinski definition) is 1. The van der Waals surface area contributed by atoms with Crippen LogP contribution < -0.4 is 5.32 Å². The molecule has 0 aromatic carbocycles. The van der Waals surface area contributed by atoms with Gasteiger partial charge in [-0.1, -0.05) is 5.92 Å². The molecule has 0 bridgehead atoms. The lowest BCUT2D eigenvalue weighted by atomic mass is 10.00. The number of carbonyl (C=O) groups excluding carboxylic acids is 1. The fraction of sp³-hybridized carbons (Fsp3) is 0.750. The molecule has 1 aliphatic heterocycles. The summed E-state index contributed by atoms with van der Waals surface area (Å²) in [4.78, 5) is 13.4. The van der Waals surface area contributed by atoms with E-state index in [0.717, 1.165) is 32.6 Å². The second-order valence-corrected chi connectivity index (χ2v) is 4.23. The summed E-state index contributed by atoms with van der Waals surface area (Å²) < 4.78 is 5.30. The summed E-state index contributed by atoms with van der Waals surface area (Å²) in [6, 6.07) is 0. The van der Waals surface area contributed by atoms with Gasteiger partial charge in [-0.15, -0.1) is 6.42 Å². The highest BCUT2D eigenvalue weighted by atomic mass is 16.5. The van der Waals surface area contributed by atoms with Crippen molar-refractivity contribution >= 4 is 5.91 Å². The van der Waals surface area contributed by atoms with Crippen molar-refractivity contribution in [2.24, 2.45) is 5.92 Å². The van der Waals surface area contributed by atoms with Crippen molar-refractivity contribution < 1.29 is 9.53 Å². The van der Waals surface area contributed by atoms with Crippen molar-refractivity contribution in [1.29, 1.82) is 0 Å². The van der Waals surface area contributed by atoms with Gasteiger partial charge in [0.1, 0.15) is 0 Å². The van der Waals surface area contributed by atoms with Crippen LogP contribution in [0.15, 0.2) is 0 Å². The van der Waals surface area contributed by atoms with Crippen LogP contribution in [0.25, 0.3) is 0 Å². The molecule has 0 atom stereocenters. The Kier molecular flexibility index (Phi) is 5.91. The molecule has 1 rings (SSSR count). The standard InChI is InChI=1S/C12H20N2O2/c1-3-6-13-12(15)10-14(2)9-11-4-7-16-8-5-11/h1,11H,4-10H2,2H3,(H,13,15). The molecule has 1 saturated heterocycles. The predicted molar refractivity (Wildman–Crippen MR) is 62.9 cm³/mol. The molecule has 4 nitrogen and oxygen atoms in total. The third-order valence-corrected chi connectivity index (χ3v) is 2.71. The zero-order valence-corrected chi connectivity index (χ0v) is 9.87. The number of likely N-dealkylation sites (N-methyl/N-ethyl adjacent to an activating group) is 1. The molecule has 0 aliphatic carbocycles. The average Bonchev–Trinajstić information content (AvgIpc) is 2.27. The quantitative estimate of drug-likeness (QED) is 0.673. The van der Waals surface area contributed by atoms with Crippen LogP contribution in [0, 0.1) is 18.3 Å². The van der Waals surface area contributed by atoms with Crippen LogP contribution >= 0.6 is 0 Å². The van der Waals surface area contributed by atoms with E-state index in [1.54, 1.807) is 0 Å². The molecule has 0 aromatic rings. The van der Waals surface area contributed by atoms with E-state index in [0.29, 0.717) is 19.0 Å². The third-order valence-electron chi connectivity index (χ3n) is 2.71. The van der Waals surface area contributed by atoms with Crippen LogP contribution in [0.4, 0.5) is 0 Å². The molecule has 0 radical (unpaired) electrons. The number of carbonyl (C=O) groups is 1. The minimum atomic E-state index is -0.00694. The summed E-state index contributed by atoms with van der Waals surface area (Å²) in [5.41, 5.74) is 0. The molecule has 0 spiro atoms. The highest BCUT2D eigenvalue weighted by Gasteiger charge is 2.16. The zero-order chi connectivity index (χ0) is 11.8. The Balaban J connectivity index is 2.16. The van der Waals surface area contributed by atoms with Gasteiger partial charge in [0.15, 0.2) is 0 Å². The van der Waals surface area contributed by atoms with Crippen molar-refractivity contribution in [2.75, 3.05) is 39.9 Å². The molecule has 16 heavy (non-hydrogen) atoms. The van der Waals surface area contributed by atoms with Crippen molar-refractivity contribution in [2.45, 2.75) is 12.8 Å². The molecule has 1 aliphatic rings. The second-order valence-electron chi connectivity index (χ2n) is 4.23. The molecular weight excluding hydrogens is 204 g/mol. The van der Waals surface area contributed by atoms with E-state index in [-0.39, 0.29) is 5.91 Å². The maximum atomic E-state index is 11.4. The van der Waals surface area contributed by atoms with E-state index in [9.17, 15) is 4.79 Å². The number of terminal acetylenes is 1. The monoisotopic (exact) mass is 224 g/mol. The van der Waals surface area contributed by atoms with Gasteiger partial charge in [0.2, 0.25) is 5.91 Å². The fourth-order valence-electron chi connectivity index (χ4n) is 1.88. The Hall–Kier alpha value is -1.05. The SMILES string of the molecule is C#CCNC(=O)CN(C)CC1CCOCC1. The molecule has 0 saturated carbocycles. The van der Waals surface area contributed by atoms with Crippen LogP contribution in [0.5, 0.6) is 0 Å². The van der Waals surface area contributed by atoms with E-state index in [1.165, 1.54) is 0 Å². The van der Waals surface area contributed by atoms with Gasteiger partial charge < -0.3 is 10.1 Å². The van der Waals surface area contributed by atoms with Gasteiger partial charge in [0.05, 0.1) is 13.1 Å². The highest BCUT2D eigenvalue weighted by Crippen LogP contribution is 2.15. The lowest BCUT2D eigenvalue weighted by Crippen LogP contribution is -2.38. The van der Waals surface area contributed by atoms with Crippen molar-refractivity contribution in [3.05, 3.63) is 0 Å². The van der Waals surface area contributed by atoms with E-state index in [2.05, 4.69) is 11.2 Å². The Morgan fingerprint density at radius 3 is 2.88 bits per heavy atom. The summed E-state index contributed by atoms with van der Waals surface area (Å²) in [5, 5.41) is 2.66. The number of rotatable bonds is 5. The summed E-state index contributed by atoms with van der Waals surface area (Å²) >= 11 is 0. The molecule has 0 unspecified atom stereocenters.